The summed E-state index contributed by atoms with van der Waals surface area (Å²) in [5, 5.41) is 18.1. The van der Waals surface area contributed by atoms with Crippen molar-refractivity contribution in [2.75, 3.05) is 6.61 Å². The zero-order valence-corrected chi connectivity index (χ0v) is 18.0. The lowest BCUT2D eigenvalue weighted by Crippen LogP contribution is -2.47. The lowest BCUT2D eigenvalue weighted by atomic mass is 9.80. The first kappa shape index (κ1) is 20.2. The zero-order valence-electron chi connectivity index (χ0n) is 17.2. The molecule has 0 bridgehead atoms. The Labute approximate surface area is 178 Å². The largest absolute Gasteiger partial charge is 0.494 e. The van der Waals surface area contributed by atoms with Crippen LogP contribution in [0.25, 0.3) is 11.1 Å². The second-order valence-electron chi connectivity index (χ2n) is 7.55. The topological polar surface area (TPSA) is 106 Å². The van der Waals surface area contributed by atoms with Gasteiger partial charge in [-0.05, 0) is 43.2 Å². The van der Waals surface area contributed by atoms with E-state index < -0.39 is 5.54 Å². The fourth-order valence-corrected chi connectivity index (χ4v) is 4.36. The van der Waals surface area contributed by atoms with Gasteiger partial charge in [-0.3, -0.25) is 4.79 Å². The van der Waals surface area contributed by atoms with Crippen molar-refractivity contribution in [3.8, 4) is 5.75 Å². The number of tetrazole rings is 1. The molecule has 30 heavy (non-hydrogen) atoms. The first-order valence-electron chi connectivity index (χ1n) is 9.96. The van der Waals surface area contributed by atoms with Gasteiger partial charge in [0.1, 0.15) is 10.8 Å². The molecular weight excluding hydrogens is 400 g/mol. The van der Waals surface area contributed by atoms with E-state index in [0.717, 1.165) is 39.6 Å². The van der Waals surface area contributed by atoms with Crippen molar-refractivity contribution >= 4 is 28.4 Å². The Morgan fingerprint density at radius 2 is 2.07 bits per heavy atom. The minimum atomic E-state index is -0.596. The fraction of sp³-hybridized carbons (Fsp3) is 0.381. The van der Waals surface area contributed by atoms with Crippen molar-refractivity contribution in [3.05, 3.63) is 51.7 Å². The molecule has 9 heteroatoms. The van der Waals surface area contributed by atoms with Crippen molar-refractivity contribution in [2.45, 2.75) is 45.6 Å². The first-order chi connectivity index (χ1) is 14.5. The molecule has 3 heterocycles. The highest BCUT2D eigenvalue weighted by atomic mass is 32.1. The fourth-order valence-electron chi connectivity index (χ4n) is 3.54. The summed E-state index contributed by atoms with van der Waals surface area (Å²) in [6, 6.07) is 7.92. The second kappa shape index (κ2) is 8.35. The van der Waals surface area contributed by atoms with Crippen molar-refractivity contribution in [3.63, 3.8) is 0 Å². The van der Waals surface area contributed by atoms with Gasteiger partial charge in [0.15, 0.2) is 0 Å². The molecular formula is C21H24N6O2S. The van der Waals surface area contributed by atoms with Gasteiger partial charge in [-0.15, -0.1) is 21.5 Å². The quantitative estimate of drug-likeness (QED) is 0.563. The number of H-pyrrole nitrogens is 1. The molecule has 0 saturated heterocycles. The van der Waals surface area contributed by atoms with E-state index in [1.165, 1.54) is 0 Å². The lowest BCUT2D eigenvalue weighted by Gasteiger charge is -2.36. The molecule has 1 amide bonds. The van der Waals surface area contributed by atoms with Crippen LogP contribution in [0.2, 0.25) is 0 Å². The highest BCUT2D eigenvalue weighted by Gasteiger charge is 2.40. The Hall–Kier alpha value is -3.07. The molecule has 0 spiro atoms. The number of aromatic amines is 1. The number of nitrogens with one attached hydrogen (secondary N) is 2. The van der Waals surface area contributed by atoms with Crippen LogP contribution in [0.5, 0.6) is 5.75 Å². The van der Waals surface area contributed by atoms with Gasteiger partial charge in [0.2, 0.25) is 5.82 Å². The number of unbranched alkanes of at least 4 members (excludes halogenated alkanes) is 1. The maximum Gasteiger partial charge on any atom is 0.256 e. The molecule has 1 aromatic carbocycles. The standard InChI is InChI=1S/C21H24N6O2S/c1-4-5-10-29-15-8-6-14(7-9-15)21(3)11-16(20-22-12-13(2)30-20)17(19(28)23-21)18-24-26-27-25-18/h6-9,12H,4-5,10-11H2,1-3H3,(H,23,28)(H,24,25,26,27)/t21-/m0/s1. The average molecular weight is 425 g/mol. The maximum atomic E-state index is 13.2. The van der Waals surface area contributed by atoms with Crippen LogP contribution in [0.3, 0.4) is 0 Å². The number of ether oxygens (including phenoxy) is 1. The minimum Gasteiger partial charge on any atom is -0.494 e. The molecule has 156 valence electrons. The number of benzene rings is 1. The number of aryl methyl sites for hydroxylation is 1. The molecule has 4 rings (SSSR count). The normalized spacial score (nSPS) is 19.1. The van der Waals surface area contributed by atoms with E-state index >= 15 is 0 Å². The monoisotopic (exact) mass is 424 g/mol. The van der Waals surface area contributed by atoms with Gasteiger partial charge in [0.05, 0.1) is 17.7 Å². The van der Waals surface area contributed by atoms with Crippen LogP contribution in [0, 0.1) is 6.92 Å². The smallest absolute Gasteiger partial charge is 0.256 e. The third-order valence-corrected chi connectivity index (χ3v) is 6.13. The summed E-state index contributed by atoms with van der Waals surface area (Å²) in [4.78, 5) is 18.8. The van der Waals surface area contributed by atoms with Crippen LogP contribution in [-0.2, 0) is 10.3 Å². The lowest BCUT2D eigenvalue weighted by molar-refractivity contribution is -0.117. The van der Waals surface area contributed by atoms with Gasteiger partial charge in [0, 0.05) is 23.1 Å². The van der Waals surface area contributed by atoms with Crippen LogP contribution in [0.4, 0.5) is 0 Å². The molecule has 0 aliphatic carbocycles. The molecule has 1 aliphatic rings. The summed E-state index contributed by atoms with van der Waals surface area (Å²) in [6.45, 7) is 6.85. The molecule has 1 atom stereocenters. The molecule has 0 radical (unpaired) electrons. The summed E-state index contributed by atoms with van der Waals surface area (Å²) in [5.41, 5.74) is 1.64. The molecule has 2 N–H and O–H groups in total. The SMILES string of the molecule is CCCCOc1ccc([C@]2(C)CC(c3ncc(C)s3)=C(c3nn[nH]n3)C(=O)N2)cc1. The van der Waals surface area contributed by atoms with E-state index in [1.807, 2.05) is 44.3 Å². The van der Waals surface area contributed by atoms with Gasteiger partial charge < -0.3 is 10.1 Å². The molecule has 1 aliphatic heterocycles. The number of carbonyl (C=O) groups is 1. The predicted octanol–water partition coefficient (Wildman–Crippen LogP) is 3.49. The van der Waals surface area contributed by atoms with Crippen LogP contribution < -0.4 is 10.1 Å². The van der Waals surface area contributed by atoms with Gasteiger partial charge in [-0.2, -0.15) is 5.21 Å². The predicted molar refractivity (Wildman–Crippen MR) is 115 cm³/mol. The number of thiazole rings is 1. The number of hydrogen-bond donors (Lipinski definition) is 2. The van der Waals surface area contributed by atoms with Gasteiger partial charge >= 0.3 is 0 Å². The second-order valence-corrected chi connectivity index (χ2v) is 8.79. The summed E-state index contributed by atoms with van der Waals surface area (Å²) in [7, 11) is 0. The van der Waals surface area contributed by atoms with E-state index in [4.69, 9.17) is 4.74 Å². The van der Waals surface area contributed by atoms with Gasteiger partial charge in [-0.25, -0.2) is 4.98 Å². The Morgan fingerprint density at radius 3 is 2.70 bits per heavy atom. The molecule has 0 fully saturated rings. The van der Waals surface area contributed by atoms with Crippen LogP contribution in [-0.4, -0.2) is 38.1 Å². The number of aromatic nitrogens is 5. The summed E-state index contributed by atoms with van der Waals surface area (Å²) in [6.07, 6.45) is 4.49. The van der Waals surface area contributed by atoms with Crippen molar-refractivity contribution in [1.82, 2.24) is 30.9 Å². The van der Waals surface area contributed by atoms with Gasteiger partial charge in [-0.1, -0.05) is 25.5 Å². The number of rotatable bonds is 7. The first-order valence-corrected chi connectivity index (χ1v) is 10.8. The number of nitrogens with zero attached hydrogens (tertiary/aromatic N) is 4. The summed E-state index contributed by atoms with van der Waals surface area (Å²) >= 11 is 1.55. The third-order valence-electron chi connectivity index (χ3n) is 5.16. The molecule has 8 nitrogen and oxygen atoms in total. The van der Waals surface area contributed by atoms with E-state index in [-0.39, 0.29) is 11.7 Å². The Balaban J connectivity index is 1.69. The van der Waals surface area contributed by atoms with E-state index in [9.17, 15) is 4.79 Å². The average Bonchev–Trinajstić information content (AvgIpc) is 3.40. The maximum absolute atomic E-state index is 13.2. The van der Waals surface area contributed by atoms with E-state index in [2.05, 4.69) is 37.8 Å². The summed E-state index contributed by atoms with van der Waals surface area (Å²) < 4.78 is 5.77. The van der Waals surface area contributed by atoms with Crippen molar-refractivity contribution < 1.29 is 9.53 Å². The Kier molecular flexibility index (Phi) is 5.63. The van der Waals surface area contributed by atoms with Crippen LogP contribution in [0.15, 0.2) is 30.5 Å². The Bertz CT molecular complexity index is 1060. The molecule has 3 aromatic rings. The molecule has 2 aromatic heterocycles. The van der Waals surface area contributed by atoms with E-state index in [0.29, 0.717) is 18.6 Å². The van der Waals surface area contributed by atoms with E-state index in [1.54, 1.807) is 11.3 Å². The highest BCUT2D eigenvalue weighted by molar-refractivity contribution is 7.12. The number of carbonyl (C=O) groups excluding carboxylic acids is 1. The van der Waals surface area contributed by atoms with Crippen LogP contribution in [0.1, 0.15) is 54.4 Å². The number of hydrogen-bond acceptors (Lipinski definition) is 7. The summed E-state index contributed by atoms with van der Waals surface area (Å²) in [5.74, 6) is 0.866. The minimum absolute atomic E-state index is 0.240. The molecule has 0 unspecified atom stereocenters. The van der Waals surface area contributed by atoms with Crippen molar-refractivity contribution in [1.29, 1.82) is 0 Å². The number of amides is 1. The highest BCUT2D eigenvalue weighted by Crippen LogP contribution is 2.42. The zero-order chi connectivity index (χ0) is 21.1. The molecule has 0 saturated carbocycles. The Morgan fingerprint density at radius 1 is 1.27 bits per heavy atom. The van der Waals surface area contributed by atoms with Gasteiger partial charge in [0.25, 0.3) is 5.91 Å². The van der Waals surface area contributed by atoms with Crippen molar-refractivity contribution in [2.24, 2.45) is 0 Å². The van der Waals surface area contributed by atoms with Crippen LogP contribution >= 0.6 is 11.3 Å². The third kappa shape index (κ3) is 3.97.